The van der Waals surface area contributed by atoms with Gasteiger partial charge in [0.2, 0.25) is 5.91 Å². The fourth-order valence-electron chi connectivity index (χ4n) is 5.24. The molecule has 7 rings (SSSR count). The summed E-state index contributed by atoms with van der Waals surface area (Å²) in [4.78, 5) is 30.0. The van der Waals surface area contributed by atoms with E-state index in [1.165, 1.54) is 0 Å². The van der Waals surface area contributed by atoms with Gasteiger partial charge in [0.15, 0.2) is 10.9 Å². The van der Waals surface area contributed by atoms with Crippen LogP contribution in [0.1, 0.15) is 38.3 Å². The molecule has 2 fully saturated rings. The molecule has 2 aliphatic rings. The van der Waals surface area contributed by atoms with Gasteiger partial charge in [-0.1, -0.05) is 23.5 Å². The Balaban J connectivity index is 1.32. The number of carbonyl (C=O) groups excluding carboxylic acids is 1. The van der Waals surface area contributed by atoms with E-state index >= 15 is 0 Å². The van der Waals surface area contributed by atoms with E-state index in [9.17, 15) is 4.79 Å². The van der Waals surface area contributed by atoms with E-state index < -0.39 is 0 Å². The van der Waals surface area contributed by atoms with Crippen LogP contribution in [0.2, 0.25) is 0 Å². The first-order chi connectivity index (χ1) is 17.1. The van der Waals surface area contributed by atoms with Gasteiger partial charge in [0.25, 0.3) is 0 Å². The molecule has 0 spiro atoms. The van der Waals surface area contributed by atoms with Crippen LogP contribution in [0.25, 0.3) is 32.3 Å². The lowest BCUT2D eigenvalue weighted by molar-refractivity contribution is -0.131. The number of para-hydroxylation sites is 1. The van der Waals surface area contributed by atoms with Crippen molar-refractivity contribution in [1.82, 2.24) is 29.0 Å². The first kappa shape index (κ1) is 20.9. The smallest absolute Gasteiger partial charge is 0.229 e. The minimum Gasteiger partial charge on any atom is -0.336 e. The van der Waals surface area contributed by atoms with Crippen LogP contribution in [-0.2, 0) is 24.8 Å². The second-order valence-electron chi connectivity index (χ2n) is 9.68. The SMILES string of the molecule is CCn1c(CC(=O)N(C2CC2)C2CC2)cc2c3c(ncn3C)c(Nc3nc4ccccc4s3)nc21. The summed E-state index contributed by atoms with van der Waals surface area (Å²) in [6, 6.07) is 11.2. The number of carbonyl (C=O) groups is 1. The summed E-state index contributed by atoms with van der Waals surface area (Å²) in [5.74, 6) is 0.942. The van der Waals surface area contributed by atoms with Crippen LogP contribution in [0.4, 0.5) is 10.9 Å². The topological polar surface area (TPSA) is 80.9 Å². The van der Waals surface area contributed by atoms with Crippen LogP contribution in [0.3, 0.4) is 0 Å². The number of rotatable bonds is 7. The van der Waals surface area contributed by atoms with Crippen molar-refractivity contribution in [3.8, 4) is 0 Å². The number of aryl methyl sites for hydroxylation is 2. The molecule has 35 heavy (non-hydrogen) atoms. The number of aromatic nitrogens is 5. The molecular formula is C26H27N7OS. The van der Waals surface area contributed by atoms with E-state index in [1.54, 1.807) is 11.3 Å². The first-order valence-electron chi connectivity index (χ1n) is 12.4. The summed E-state index contributed by atoms with van der Waals surface area (Å²) < 4.78 is 5.35. The predicted octanol–water partition coefficient (Wildman–Crippen LogP) is 4.99. The minimum atomic E-state index is 0.251. The monoisotopic (exact) mass is 485 g/mol. The summed E-state index contributed by atoms with van der Waals surface area (Å²) in [7, 11) is 2.01. The molecule has 4 aromatic heterocycles. The zero-order valence-electron chi connectivity index (χ0n) is 19.9. The van der Waals surface area contributed by atoms with E-state index in [-0.39, 0.29) is 5.91 Å². The van der Waals surface area contributed by atoms with E-state index in [0.717, 1.165) is 75.3 Å². The second kappa shape index (κ2) is 7.78. The van der Waals surface area contributed by atoms with Crippen molar-refractivity contribution in [2.75, 3.05) is 5.32 Å². The molecule has 9 heteroatoms. The third-order valence-electron chi connectivity index (χ3n) is 7.12. The summed E-state index contributed by atoms with van der Waals surface area (Å²) in [6.07, 6.45) is 6.84. The molecule has 2 saturated carbocycles. The van der Waals surface area contributed by atoms with E-state index in [2.05, 4.69) is 38.8 Å². The van der Waals surface area contributed by atoms with Gasteiger partial charge in [-0.2, -0.15) is 0 Å². The molecule has 4 heterocycles. The highest BCUT2D eigenvalue weighted by atomic mass is 32.1. The molecule has 1 N–H and O–H groups in total. The quantitative estimate of drug-likeness (QED) is 0.351. The van der Waals surface area contributed by atoms with Gasteiger partial charge in [0.1, 0.15) is 11.2 Å². The van der Waals surface area contributed by atoms with Crippen molar-refractivity contribution in [2.24, 2.45) is 7.05 Å². The summed E-state index contributed by atoms with van der Waals surface area (Å²) >= 11 is 1.60. The van der Waals surface area contributed by atoms with Gasteiger partial charge in [0, 0.05) is 36.8 Å². The maximum absolute atomic E-state index is 13.3. The molecule has 2 aliphatic carbocycles. The Morgan fingerprint density at radius 2 is 1.94 bits per heavy atom. The van der Waals surface area contributed by atoms with Crippen molar-refractivity contribution in [3.05, 3.63) is 42.4 Å². The van der Waals surface area contributed by atoms with E-state index in [4.69, 9.17) is 9.97 Å². The Kier molecular flexibility index (Phi) is 4.64. The van der Waals surface area contributed by atoms with Crippen LogP contribution >= 0.6 is 11.3 Å². The zero-order chi connectivity index (χ0) is 23.7. The summed E-state index contributed by atoms with van der Waals surface area (Å²) in [5, 5.41) is 5.26. The molecule has 178 valence electrons. The van der Waals surface area contributed by atoms with Crippen molar-refractivity contribution in [1.29, 1.82) is 0 Å². The normalized spacial score (nSPS) is 15.9. The van der Waals surface area contributed by atoms with Gasteiger partial charge >= 0.3 is 0 Å². The highest BCUT2D eigenvalue weighted by Crippen LogP contribution is 2.38. The average Bonchev–Trinajstić information content (AvgIpc) is 3.75. The van der Waals surface area contributed by atoms with Gasteiger partial charge in [-0.15, -0.1) is 0 Å². The average molecular weight is 486 g/mol. The molecule has 8 nitrogen and oxygen atoms in total. The Bertz CT molecular complexity index is 1560. The number of hydrogen-bond donors (Lipinski definition) is 1. The number of hydrogen-bond acceptors (Lipinski definition) is 6. The van der Waals surface area contributed by atoms with Crippen molar-refractivity contribution < 1.29 is 4.79 Å². The number of imidazole rings is 1. The number of pyridine rings is 1. The van der Waals surface area contributed by atoms with Gasteiger partial charge in [-0.25, -0.2) is 15.0 Å². The fourth-order valence-corrected chi connectivity index (χ4v) is 6.10. The fraction of sp³-hybridized carbons (Fsp3) is 0.385. The second-order valence-corrected chi connectivity index (χ2v) is 10.7. The molecule has 0 aliphatic heterocycles. The number of thiazole rings is 1. The third-order valence-corrected chi connectivity index (χ3v) is 8.08. The molecule has 1 amide bonds. The lowest BCUT2D eigenvalue weighted by atomic mass is 10.2. The molecular weight excluding hydrogens is 458 g/mol. The largest absolute Gasteiger partial charge is 0.336 e. The highest BCUT2D eigenvalue weighted by molar-refractivity contribution is 7.22. The van der Waals surface area contributed by atoms with Crippen LogP contribution in [-0.4, -0.2) is 47.0 Å². The third kappa shape index (κ3) is 3.48. The van der Waals surface area contributed by atoms with Gasteiger partial charge in [-0.05, 0) is 50.8 Å². The maximum Gasteiger partial charge on any atom is 0.229 e. The number of nitrogens with one attached hydrogen (secondary N) is 1. The minimum absolute atomic E-state index is 0.251. The number of anilines is 2. The molecule has 0 radical (unpaired) electrons. The molecule has 5 aromatic rings. The maximum atomic E-state index is 13.3. The van der Waals surface area contributed by atoms with Crippen molar-refractivity contribution in [2.45, 2.75) is 57.7 Å². The van der Waals surface area contributed by atoms with Gasteiger partial charge < -0.3 is 19.4 Å². The zero-order valence-corrected chi connectivity index (χ0v) is 20.7. The Morgan fingerprint density at radius 3 is 2.66 bits per heavy atom. The van der Waals surface area contributed by atoms with Crippen molar-refractivity contribution >= 4 is 60.5 Å². The molecule has 1 aromatic carbocycles. The number of benzene rings is 1. The van der Waals surface area contributed by atoms with Crippen LogP contribution < -0.4 is 5.32 Å². The summed E-state index contributed by atoms with van der Waals surface area (Å²) in [5.41, 5.74) is 4.68. The van der Waals surface area contributed by atoms with Crippen molar-refractivity contribution in [3.63, 3.8) is 0 Å². The van der Waals surface area contributed by atoms with Crippen LogP contribution in [0.15, 0.2) is 36.7 Å². The Morgan fingerprint density at radius 1 is 1.17 bits per heavy atom. The Hall–Kier alpha value is -3.46. The Labute approximate surface area is 206 Å². The van der Waals surface area contributed by atoms with Crippen LogP contribution in [0, 0.1) is 0 Å². The predicted molar refractivity (Wildman–Crippen MR) is 139 cm³/mol. The standard InChI is InChI=1S/C26H27N7OS/c1-3-32-17(13-21(34)33(15-8-9-15)16-10-11-16)12-18-23-22(27-14-31(23)2)24(29-25(18)32)30-26-28-19-6-4-5-7-20(19)35-26/h4-7,12,14-16H,3,8-11,13H2,1-2H3,(H,28,29,30). The molecule has 0 saturated heterocycles. The number of fused-ring (bicyclic) bond motifs is 4. The van der Waals surface area contributed by atoms with Crippen LogP contribution in [0.5, 0.6) is 0 Å². The van der Waals surface area contributed by atoms with Gasteiger partial charge in [-0.3, -0.25) is 4.79 Å². The highest BCUT2D eigenvalue weighted by Gasteiger charge is 2.42. The molecule has 0 unspecified atom stereocenters. The van der Waals surface area contributed by atoms with E-state index in [1.807, 2.05) is 36.1 Å². The lowest BCUT2D eigenvalue weighted by Crippen LogP contribution is -2.36. The summed E-state index contributed by atoms with van der Waals surface area (Å²) in [6.45, 7) is 2.86. The number of amides is 1. The van der Waals surface area contributed by atoms with E-state index in [0.29, 0.717) is 24.3 Å². The first-order valence-corrected chi connectivity index (χ1v) is 13.2. The molecule has 0 atom stereocenters. The number of nitrogens with zero attached hydrogens (tertiary/aromatic N) is 6. The van der Waals surface area contributed by atoms with Gasteiger partial charge in [0.05, 0.1) is 28.5 Å². The lowest BCUT2D eigenvalue weighted by Gasteiger charge is -2.22. The molecule has 0 bridgehead atoms.